The Morgan fingerprint density at radius 2 is 1.81 bits per heavy atom. The monoisotopic (exact) mass is 515 g/mol. The van der Waals surface area contributed by atoms with Crippen LogP contribution in [-0.4, -0.2) is 55.9 Å². The number of aliphatic carboxylic acids is 2. The number of likely N-dealkylation sites (tertiary alicyclic amines) is 1. The summed E-state index contributed by atoms with van der Waals surface area (Å²) in [4.78, 5) is 21.6. The number of phenols is 1. The minimum atomic E-state index is -1.26. The maximum atomic E-state index is 13.5. The quantitative estimate of drug-likeness (QED) is 0.372. The largest absolute Gasteiger partial charge is 0.507 e. The molecule has 1 saturated heterocycles. The number of nitrogens with zero attached hydrogens (tertiary/aromatic N) is 2. The topological polar surface area (TPSA) is 168 Å². The first-order valence-electron chi connectivity index (χ1n) is 11.8. The van der Waals surface area contributed by atoms with Crippen molar-refractivity contribution in [3.05, 3.63) is 59.4 Å². The summed E-state index contributed by atoms with van der Waals surface area (Å²) >= 11 is 0. The molecule has 11 heteroatoms. The summed E-state index contributed by atoms with van der Waals surface area (Å²) in [6.07, 6.45) is 5.76. The van der Waals surface area contributed by atoms with Crippen molar-refractivity contribution in [1.82, 2.24) is 15.4 Å². The Bertz CT molecular complexity index is 1300. The van der Waals surface area contributed by atoms with Crippen molar-refractivity contribution >= 4 is 22.9 Å². The number of carbonyl (C=O) groups is 2. The highest BCUT2D eigenvalue weighted by Gasteiger charge is 2.44. The van der Waals surface area contributed by atoms with Crippen molar-refractivity contribution in [1.29, 1.82) is 0 Å². The Morgan fingerprint density at radius 1 is 1.14 bits per heavy atom. The van der Waals surface area contributed by atoms with Gasteiger partial charge in [-0.05, 0) is 48.6 Å². The van der Waals surface area contributed by atoms with E-state index < -0.39 is 11.9 Å². The van der Waals surface area contributed by atoms with Crippen LogP contribution in [0.5, 0.6) is 5.75 Å². The van der Waals surface area contributed by atoms with Gasteiger partial charge in [-0.1, -0.05) is 24.6 Å². The lowest BCUT2D eigenvalue weighted by Crippen LogP contribution is -2.54. The lowest BCUT2D eigenvalue weighted by Gasteiger charge is -2.44. The molecule has 10 nitrogen and oxygen atoms in total. The van der Waals surface area contributed by atoms with E-state index in [2.05, 4.69) is 22.3 Å². The number of aromatic nitrogens is 1. The highest BCUT2D eigenvalue weighted by Crippen LogP contribution is 2.46. The summed E-state index contributed by atoms with van der Waals surface area (Å²) in [6.45, 7) is 5.00. The molecule has 37 heavy (non-hydrogen) atoms. The molecule has 5 rings (SSSR count). The van der Waals surface area contributed by atoms with Crippen LogP contribution in [0.3, 0.4) is 0 Å². The molecule has 1 aromatic heterocycles. The average molecular weight is 516 g/mol. The van der Waals surface area contributed by atoms with Gasteiger partial charge in [0.05, 0.1) is 16.6 Å². The van der Waals surface area contributed by atoms with Crippen molar-refractivity contribution < 1.29 is 39.3 Å². The Morgan fingerprint density at radius 3 is 2.43 bits per heavy atom. The zero-order chi connectivity index (χ0) is 25.9. The molecule has 3 aromatic rings. The first kappa shape index (κ1) is 27.8. The number of nitrogens with one attached hydrogen (secondary N) is 1. The molecule has 0 radical (unpaired) electrons. The molecule has 2 aromatic carbocycles. The molecule has 0 amide bonds. The number of halogens is 1. The Kier molecular flexibility index (Phi) is 8.64. The highest BCUT2D eigenvalue weighted by atomic mass is 19.1. The molecule has 2 aliphatic heterocycles. The molecule has 1 fully saturated rings. The summed E-state index contributed by atoms with van der Waals surface area (Å²) in [6, 6.07) is 8.17. The molecular formula is C26H30FN3O7. The minimum Gasteiger partial charge on any atom is -0.507 e. The SMILES string of the molecule is CCC1(N2CCCCC2)NCc2c1ccc(O)c2-c1noc2cc(F)ccc12.O.O=C(O)C=CC(=O)O. The molecule has 0 spiro atoms. The van der Waals surface area contributed by atoms with E-state index in [1.807, 2.05) is 6.07 Å². The molecule has 1 unspecified atom stereocenters. The molecule has 0 aliphatic carbocycles. The van der Waals surface area contributed by atoms with Gasteiger partial charge in [-0.15, -0.1) is 0 Å². The zero-order valence-electron chi connectivity index (χ0n) is 20.3. The third-order valence-corrected chi connectivity index (χ3v) is 6.74. The third-order valence-electron chi connectivity index (χ3n) is 6.74. The van der Waals surface area contributed by atoms with Gasteiger partial charge in [0.1, 0.15) is 17.3 Å². The van der Waals surface area contributed by atoms with Crippen molar-refractivity contribution in [3.8, 4) is 17.0 Å². The van der Waals surface area contributed by atoms with Gasteiger partial charge in [-0.2, -0.15) is 0 Å². The van der Waals surface area contributed by atoms with Crippen LogP contribution in [-0.2, 0) is 21.8 Å². The number of piperidine rings is 1. The van der Waals surface area contributed by atoms with Gasteiger partial charge in [0.15, 0.2) is 5.58 Å². The Labute approximate surface area is 212 Å². The second kappa shape index (κ2) is 11.5. The first-order chi connectivity index (χ1) is 17.3. The number of fused-ring (bicyclic) bond motifs is 2. The lowest BCUT2D eigenvalue weighted by molar-refractivity contribution is -0.134. The van der Waals surface area contributed by atoms with Crippen LogP contribution in [0, 0.1) is 5.82 Å². The lowest BCUT2D eigenvalue weighted by atomic mass is 9.89. The number of rotatable bonds is 5. The van der Waals surface area contributed by atoms with Crippen LogP contribution in [0.1, 0.15) is 43.7 Å². The highest BCUT2D eigenvalue weighted by molar-refractivity contribution is 5.94. The molecule has 3 heterocycles. The predicted molar refractivity (Wildman–Crippen MR) is 133 cm³/mol. The maximum absolute atomic E-state index is 13.5. The summed E-state index contributed by atoms with van der Waals surface area (Å²) in [5.41, 5.74) is 3.66. The number of benzene rings is 2. The molecule has 0 saturated carbocycles. The molecule has 2 aliphatic rings. The van der Waals surface area contributed by atoms with Crippen molar-refractivity contribution in [2.75, 3.05) is 13.1 Å². The van der Waals surface area contributed by atoms with Gasteiger partial charge in [-0.25, -0.2) is 14.0 Å². The van der Waals surface area contributed by atoms with Crippen LogP contribution in [0.2, 0.25) is 0 Å². The molecular weight excluding hydrogens is 485 g/mol. The maximum Gasteiger partial charge on any atom is 0.328 e. The average Bonchev–Trinajstić information content (AvgIpc) is 3.45. The number of phenolic OH excluding ortho intramolecular Hbond substituents is 1. The number of hydrogen-bond acceptors (Lipinski definition) is 7. The van der Waals surface area contributed by atoms with Crippen LogP contribution in [0.25, 0.3) is 22.2 Å². The second-order valence-electron chi connectivity index (χ2n) is 8.78. The fraction of sp³-hybridized carbons (Fsp3) is 0.346. The number of aromatic hydroxyl groups is 1. The van der Waals surface area contributed by atoms with E-state index in [0.717, 1.165) is 25.1 Å². The van der Waals surface area contributed by atoms with Gasteiger partial charge in [0.25, 0.3) is 0 Å². The van der Waals surface area contributed by atoms with Crippen LogP contribution >= 0.6 is 0 Å². The van der Waals surface area contributed by atoms with Crippen LogP contribution in [0.15, 0.2) is 47.0 Å². The van der Waals surface area contributed by atoms with Gasteiger partial charge in [-0.3, -0.25) is 10.2 Å². The molecule has 198 valence electrons. The summed E-state index contributed by atoms with van der Waals surface area (Å²) < 4.78 is 18.9. The molecule has 1 atom stereocenters. The smallest absolute Gasteiger partial charge is 0.328 e. The summed E-state index contributed by atoms with van der Waals surface area (Å²) in [5, 5.41) is 35.0. The van der Waals surface area contributed by atoms with E-state index in [-0.39, 0.29) is 22.7 Å². The normalized spacial score (nSPS) is 19.2. The van der Waals surface area contributed by atoms with Crippen molar-refractivity contribution in [3.63, 3.8) is 0 Å². The predicted octanol–water partition coefficient (Wildman–Crippen LogP) is 3.38. The van der Waals surface area contributed by atoms with Gasteiger partial charge >= 0.3 is 11.9 Å². The standard InChI is InChI=1S/C22H24FN3O2.C4H4O4.H2O/c1-2-22(26-10-4-3-5-11-26)17-8-9-18(27)20(16(17)13-24-22)21-15-7-6-14(23)12-19(15)28-25-21;5-3(6)1-2-4(7)8;/h6-9,12,24,27H,2-5,10-11,13H2,1H3;1-2H,(H,5,6)(H,7,8);1H2. The number of carboxylic acids is 2. The van der Waals surface area contributed by atoms with E-state index in [1.54, 1.807) is 12.1 Å². The van der Waals surface area contributed by atoms with Crippen LogP contribution in [0.4, 0.5) is 4.39 Å². The second-order valence-corrected chi connectivity index (χ2v) is 8.78. The van der Waals surface area contributed by atoms with Gasteiger partial charge < -0.3 is 25.3 Å². The van der Waals surface area contributed by atoms with Gasteiger partial charge in [0.2, 0.25) is 0 Å². The first-order valence-corrected chi connectivity index (χ1v) is 11.8. The van der Waals surface area contributed by atoms with E-state index in [0.29, 0.717) is 40.9 Å². The number of carboxylic acid groups (broad SMARTS) is 2. The van der Waals surface area contributed by atoms with Crippen molar-refractivity contribution in [2.45, 2.75) is 44.8 Å². The molecule has 0 bridgehead atoms. The van der Waals surface area contributed by atoms with Crippen molar-refractivity contribution in [2.24, 2.45) is 0 Å². The van der Waals surface area contributed by atoms with E-state index in [9.17, 15) is 19.1 Å². The van der Waals surface area contributed by atoms with E-state index in [4.69, 9.17) is 14.7 Å². The zero-order valence-corrected chi connectivity index (χ0v) is 20.3. The van der Waals surface area contributed by atoms with Gasteiger partial charge in [0, 0.05) is 37.9 Å². The minimum absolute atomic E-state index is 0. The number of hydrogen-bond donors (Lipinski definition) is 4. The Hall–Kier alpha value is -3.80. The fourth-order valence-electron chi connectivity index (χ4n) is 5.13. The van der Waals surface area contributed by atoms with E-state index >= 15 is 0 Å². The Balaban J connectivity index is 0.000000370. The fourth-order valence-corrected chi connectivity index (χ4v) is 5.13. The summed E-state index contributed by atoms with van der Waals surface area (Å²) in [7, 11) is 0. The summed E-state index contributed by atoms with van der Waals surface area (Å²) in [5.74, 6) is -2.71. The molecule has 6 N–H and O–H groups in total. The van der Waals surface area contributed by atoms with E-state index in [1.165, 1.54) is 37.0 Å². The third kappa shape index (κ3) is 5.48. The van der Waals surface area contributed by atoms with Crippen LogP contribution < -0.4 is 5.32 Å².